The number of anilines is 1. The van der Waals surface area contributed by atoms with E-state index in [-0.39, 0.29) is 12.1 Å². The van der Waals surface area contributed by atoms with Crippen molar-refractivity contribution in [1.29, 1.82) is 0 Å². The smallest absolute Gasteiger partial charge is 0.322 e. The molecule has 0 radical (unpaired) electrons. The maximum absolute atomic E-state index is 13.0. The monoisotopic (exact) mass is 381 g/mol. The van der Waals surface area contributed by atoms with Gasteiger partial charge in [-0.3, -0.25) is 9.67 Å². The van der Waals surface area contributed by atoms with Crippen LogP contribution in [0, 0.1) is 6.92 Å². The Bertz CT molecular complexity index is 965. The molecule has 2 amide bonds. The van der Waals surface area contributed by atoms with Crippen LogP contribution in [0.1, 0.15) is 43.1 Å². The lowest BCUT2D eigenvalue weighted by Crippen LogP contribution is -2.38. The van der Waals surface area contributed by atoms with E-state index >= 15 is 0 Å². The molecule has 3 aromatic rings. The number of pyridine rings is 1. The van der Waals surface area contributed by atoms with Crippen LogP contribution in [0.2, 0.25) is 0 Å². The Kier molecular flexibility index (Phi) is 5.05. The molecule has 1 aliphatic heterocycles. The van der Waals surface area contributed by atoms with Gasteiger partial charge in [-0.25, -0.2) is 4.79 Å². The maximum Gasteiger partial charge on any atom is 0.322 e. The van der Waals surface area contributed by atoms with Crippen molar-refractivity contribution in [2.24, 2.45) is 7.05 Å². The Morgan fingerprint density at radius 2 is 2.18 bits per heavy atom. The molecule has 3 aromatic heterocycles. The molecule has 1 N–H and O–H groups in total. The average Bonchev–Trinajstić information content (AvgIpc) is 3.26. The van der Waals surface area contributed by atoms with E-state index in [9.17, 15) is 4.79 Å². The van der Waals surface area contributed by atoms with E-state index in [1.807, 2.05) is 26.2 Å². The highest BCUT2D eigenvalue weighted by Crippen LogP contribution is 2.30. The van der Waals surface area contributed by atoms with Gasteiger partial charge in [0.15, 0.2) is 5.82 Å². The number of aryl methyl sites for hydroxylation is 2. The zero-order chi connectivity index (χ0) is 19.5. The summed E-state index contributed by atoms with van der Waals surface area (Å²) in [5.41, 5.74) is 2.43. The second kappa shape index (κ2) is 7.79. The average molecular weight is 381 g/mol. The van der Waals surface area contributed by atoms with Crippen LogP contribution < -0.4 is 5.32 Å². The minimum Gasteiger partial charge on any atom is -0.334 e. The predicted octanol–water partition coefficient (Wildman–Crippen LogP) is 3.32. The van der Waals surface area contributed by atoms with Crippen molar-refractivity contribution in [3.05, 3.63) is 42.2 Å². The molecule has 146 valence electrons. The van der Waals surface area contributed by atoms with Crippen molar-refractivity contribution in [1.82, 2.24) is 29.8 Å². The Labute approximate surface area is 162 Å². The van der Waals surface area contributed by atoms with Crippen molar-refractivity contribution >= 4 is 11.7 Å². The van der Waals surface area contributed by atoms with Gasteiger partial charge in [0.05, 0.1) is 29.7 Å². The molecule has 0 unspecified atom stereocenters. The van der Waals surface area contributed by atoms with Crippen LogP contribution in [0.25, 0.3) is 11.5 Å². The molecule has 4 rings (SSSR count). The van der Waals surface area contributed by atoms with Crippen LogP contribution in [0.5, 0.6) is 0 Å². The van der Waals surface area contributed by atoms with E-state index in [1.54, 1.807) is 28.2 Å². The fourth-order valence-corrected chi connectivity index (χ4v) is 3.42. The topological polar surface area (TPSA) is 102 Å². The van der Waals surface area contributed by atoms with Crippen molar-refractivity contribution < 1.29 is 9.32 Å². The number of amides is 2. The molecular formula is C19H23N7O2. The Hall–Kier alpha value is -3.23. The number of rotatable bonds is 3. The number of carbonyl (C=O) groups is 1. The highest BCUT2D eigenvalue weighted by molar-refractivity contribution is 5.90. The lowest BCUT2D eigenvalue weighted by atomic mass is 10.1. The molecule has 4 heterocycles. The summed E-state index contributed by atoms with van der Waals surface area (Å²) in [7, 11) is 1.83. The van der Waals surface area contributed by atoms with Crippen molar-refractivity contribution in [2.75, 3.05) is 11.9 Å². The zero-order valence-electron chi connectivity index (χ0n) is 16.0. The van der Waals surface area contributed by atoms with Gasteiger partial charge >= 0.3 is 6.03 Å². The van der Waals surface area contributed by atoms with Crippen molar-refractivity contribution in [2.45, 2.75) is 38.6 Å². The molecule has 0 aromatic carbocycles. The van der Waals surface area contributed by atoms with E-state index in [0.29, 0.717) is 23.9 Å². The summed E-state index contributed by atoms with van der Waals surface area (Å²) >= 11 is 0. The molecule has 9 heteroatoms. The molecule has 0 aliphatic carbocycles. The summed E-state index contributed by atoms with van der Waals surface area (Å²) in [6.45, 7) is 2.59. The summed E-state index contributed by atoms with van der Waals surface area (Å²) in [4.78, 5) is 23.5. The van der Waals surface area contributed by atoms with E-state index in [4.69, 9.17) is 4.52 Å². The Balaban J connectivity index is 1.58. The molecule has 28 heavy (non-hydrogen) atoms. The third-order valence-corrected chi connectivity index (χ3v) is 4.99. The minimum absolute atomic E-state index is 0.171. The zero-order valence-corrected chi connectivity index (χ0v) is 16.0. The number of hydrogen-bond donors (Lipinski definition) is 1. The first kappa shape index (κ1) is 18.1. The van der Waals surface area contributed by atoms with Gasteiger partial charge in [-0.2, -0.15) is 10.1 Å². The van der Waals surface area contributed by atoms with Crippen molar-refractivity contribution in [3.63, 3.8) is 0 Å². The summed E-state index contributed by atoms with van der Waals surface area (Å²) in [6.07, 6.45) is 10.7. The van der Waals surface area contributed by atoms with Gasteiger partial charge in [0, 0.05) is 26.0 Å². The number of nitrogens with zero attached hydrogens (tertiary/aromatic N) is 6. The molecule has 0 bridgehead atoms. The molecule has 9 nitrogen and oxygen atoms in total. The molecule has 1 fully saturated rings. The summed E-state index contributed by atoms with van der Waals surface area (Å²) < 4.78 is 7.12. The minimum atomic E-state index is -0.228. The first-order valence-electron chi connectivity index (χ1n) is 9.42. The molecule has 0 spiro atoms. The lowest BCUT2D eigenvalue weighted by Gasteiger charge is -2.28. The molecular weight excluding hydrogens is 358 g/mol. The number of nitrogens with one attached hydrogen (secondary N) is 1. The van der Waals surface area contributed by atoms with E-state index < -0.39 is 0 Å². The molecule has 0 saturated carbocycles. The molecule has 1 atom stereocenters. The van der Waals surface area contributed by atoms with E-state index in [1.165, 1.54) is 0 Å². The fraction of sp³-hybridized carbons (Fsp3) is 0.421. The van der Waals surface area contributed by atoms with Crippen LogP contribution >= 0.6 is 0 Å². The standard InChI is InChI=1S/C19H23N7O2/c1-13-7-8-20-11-15(13)22-19(27)26-9-5-3-4-6-16(26)17-23-18(28-24-17)14-10-21-25(2)12-14/h7-8,10-12,16H,3-6,9H2,1-2H3,(H,22,27)/t16-/m0/s1. The van der Waals surface area contributed by atoms with Gasteiger partial charge in [-0.05, 0) is 31.4 Å². The number of likely N-dealkylation sites (tertiary alicyclic amines) is 1. The third kappa shape index (κ3) is 3.73. The van der Waals surface area contributed by atoms with E-state index in [2.05, 4.69) is 25.5 Å². The second-order valence-corrected chi connectivity index (χ2v) is 7.04. The Morgan fingerprint density at radius 3 is 2.96 bits per heavy atom. The number of aromatic nitrogens is 5. The largest absolute Gasteiger partial charge is 0.334 e. The maximum atomic E-state index is 13.0. The van der Waals surface area contributed by atoms with Crippen LogP contribution in [0.3, 0.4) is 0 Å². The number of hydrogen-bond acceptors (Lipinski definition) is 6. The molecule has 1 saturated heterocycles. The van der Waals surface area contributed by atoms with Gasteiger partial charge in [0.25, 0.3) is 5.89 Å². The van der Waals surface area contributed by atoms with Crippen LogP contribution in [0.4, 0.5) is 10.5 Å². The summed E-state index contributed by atoms with van der Waals surface area (Å²) in [5, 5.41) is 11.3. The highest BCUT2D eigenvalue weighted by atomic mass is 16.5. The highest BCUT2D eigenvalue weighted by Gasteiger charge is 2.31. The first-order valence-corrected chi connectivity index (χ1v) is 9.42. The summed E-state index contributed by atoms with van der Waals surface area (Å²) in [6, 6.07) is 1.47. The number of carbonyl (C=O) groups excluding carboxylic acids is 1. The van der Waals surface area contributed by atoms with Gasteiger partial charge in [0.1, 0.15) is 0 Å². The third-order valence-electron chi connectivity index (χ3n) is 4.99. The van der Waals surface area contributed by atoms with Gasteiger partial charge in [-0.1, -0.05) is 18.0 Å². The van der Waals surface area contributed by atoms with Gasteiger partial charge in [-0.15, -0.1) is 0 Å². The normalized spacial score (nSPS) is 17.4. The van der Waals surface area contributed by atoms with Gasteiger partial charge in [0.2, 0.25) is 0 Å². The lowest BCUT2D eigenvalue weighted by molar-refractivity contribution is 0.185. The molecule has 1 aliphatic rings. The van der Waals surface area contributed by atoms with E-state index in [0.717, 1.165) is 36.8 Å². The predicted molar refractivity (Wildman–Crippen MR) is 102 cm³/mol. The first-order chi connectivity index (χ1) is 13.6. The number of urea groups is 1. The quantitative estimate of drug-likeness (QED) is 0.747. The Morgan fingerprint density at radius 1 is 1.29 bits per heavy atom. The van der Waals surface area contributed by atoms with Crippen LogP contribution in [-0.4, -0.2) is 42.4 Å². The fourth-order valence-electron chi connectivity index (χ4n) is 3.42. The van der Waals surface area contributed by atoms with Crippen LogP contribution in [0.15, 0.2) is 35.4 Å². The van der Waals surface area contributed by atoms with Gasteiger partial charge < -0.3 is 14.7 Å². The summed E-state index contributed by atoms with van der Waals surface area (Å²) in [5.74, 6) is 0.939. The SMILES string of the molecule is Cc1ccncc1NC(=O)N1CCCCC[C@H]1c1noc(-c2cnn(C)c2)n1. The van der Waals surface area contributed by atoms with Crippen LogP contribution in [-0.2, 0) is 7.05 Å². The van der Waals surface area contributed by atoms with Crippen molar-refractivity contribution in [3.8, 4) is 11.5 Å². The second-order valence-electron chi connectivity index (χ2n) is 7.04.